The van der Waals surface area contributed by atoms with Gasteiger partial charge in [0.15, 0.2) is 0 Å². The zero-order valence-corrected chi connectivity index (χ0v) is 13.5. The number of benzene rings is 1. The third kappa shape index (κ3) is 4.01. The number of amides is 1. The van der Waals surface area contributed by atoms with Gasteiger partial charge in [-0.05, 0) is 38.8 Å². The van der Waals surface area contributed by atoms with Crippen LogP contribution in [0.2, 0.25) is 0 Å². The van der Waals surface area contributed by atoms with Gasteiger partial charge in [0.05, 0.1) is 0 Å². The molecule has 0 aliphatic heterocycles. The van der Waals surface area contributed by atoms with E-state index in [4.69, 9.17) is 0 Å². The lowest BCUT2D eigenvalue weighted by atomic mass is 10.1. The van der Waals surface area contributed by atoms with Gasteiger partial charge in [0.25, 0.3) is 0 Å². The molecule has 1 atom stereocenters. The zero-order chi connectivity index (χ0) is 15.4. The summed E-state index contributed by atoms with van der Waals surface area (Å²) in [6.07, 6.45) is 0.691. The van der Waals surface area contributed by atoms with E-state index in [1.807, 2.05) is 32.9 Å². The Kier molecular flexibility index (Phi) is 4.90. The number of anilines is 2. The Bertz CT molecular complexity index is 638. The third-order valence-corrected chi connectivity index (χ3v) is 3.95. The van der Waals surface area contributed by atoms with E-state index in [2.05, 4.69) is 33.8 Å². The molecule has 1 amide bonds. The van der Waals surface area contributed by atoms with Crippen molar-refractivity contribution in [3.05, 3.63) is 34.3 Å². The average Bonchev–Trinajstić information content (AvgIpc) is 2.83. The number of aryl methyl sites for hydroxylation is 3. The van der Waals surface area contributed by atoms with Crippen LogP contribution < -0.4 is 10.6 Å². The van der Waals surface area contributed by atoms with Crippen molar-refractivity contribution in [3.63, 3.8) is 0 Å². The van der Waals surface area contributed by atoms with Gasteiger partial charge in [0.1, 0.15) is 11.0 Å². The second-order valence-corrected chi connectivity index (χ2v) is 6.22. The van der Waals surface area contributed by atoms with Crippen molar-refractivity contribution in [2.75, 3.05) is 10.6 Å². The van der Waals surface area contributed by atoms with Gasteiger partial charge in [-0.2, -0.15) is 0 Å². The van der Waals surface area contributed by atoms with Gasteiger partial charge in [0.2, 0.25) is 11.0 Å². The molecule has 0 radical (unpaired) electrons. The maximum absolute atomic E-state index is 12.3. The molecule has 2 N–H and O–H groups in total. The van der Waals surface area contributed by atoms with Gasteiger partial charge < -0.3 is 5.32 Å². The van der Waals surface area contributed by atoms with Crippen LogP contribution in [0.3, 0.4) is 0 Å². The van der Waals surface area contributed by atoms with Crippen molar-refractivity contribution in [1.82, 2.24) is 10.2 Å². The van der Waals surface area contributed by atoms with Crippen molar-refractivity contribution in [2.24, 2.45) is 0 Å². The minimum atomic E-state index is -0.296. The highest BCUT2D eigenvalue weighted by molar-refractivity contribution is 7.15. The van der Waals surface area contributed by atoms with E-state index < -0.39 is 0 Å². The average molecular weight is 304 g/mol. The number of hydrogen-bond donors (Lipinski definition) is 2. The zero-order valence-electron chi connectivity index (χ0n) is 12.7. The number of carbonyl (C=O) groups is 1. The number of carbonyl (C=O) groups excluding carboxylic acids is 1. The molecule has 6 heteroatoms. The normalized spacial score (nSPS) is 12.0. The third-order valence-electron chi connectivity index (χ3n) is 3.19. The van der Waals surface area contributed by atoms with Crippen LogP contribution in [-0.4, -0.2) is 22.1 Å². The predicted molar refractivity (Wildman–Crippen MR) is 86.9 cm³/mol. The SMILES string of the molecule is CC[C@H](Nc1ccc(C)cc1C)C(=O)Nc1nnc(C)s1. The van der Waals surface area contributed by atoms with Crippen LogP contribution in [0.25, 0.3) is 0 Å². The van der Waals surface area contributed by atoms with Gasteiger partial charge in [-0.3, -0.25) is 10.1 Å². The maximum atomic E-state index is 12.3. The van der Waals surface area contributed by atoms with Crippen LogP contribution in [-0.2, 0) is 4.79 Å². The van der Waals surface area contributed by atoms with Crippen LogP contribution in [0.1, 0.15) is 29.5 Å². The molecule has 21 heavy (non-hydrogen) atoms. The fourth-order valence-corrected chi connectivity index (χ4v) is 2.65. The molecule has 0 saturated heterocycles. The topological polar surface area (TPSA) is 66.9 Å². The molecule has 0 fully saturated rings. The first-order chi connectivity index (χ1) is 9.99. The summed E-state index contributed by atoms with van der Waals surface area (Å²) in [7, 11) is 0. The van der Waals surface area contributed by atoms with E-state index in [0.29, 0.717) is 11.6 Å². The minimum absolute atomic E-state index is 0.0892. The van der Waals surface area contributed by atoms with Crippen LogP contribution >= 0.6 is 11.3 Å². The highest BCUT2D eigenvalue weighted by Gasteiger charge is 2.18. The van der Waals surface area contributed by atoms with Crippen molar-refractivity contribution >= 4 is 28.1 Å². The van der Waals surface area contributed by atoms with E-state index >= 15 is 0 Å². The molecular formula is C15H20N4OS. The molecule has 0 bridgehead atoms. The maximum Gasteiger partial charge on any atom is 0.248 e. The Morgan fingerprint density at radius 1 is 1.29 bits per heavy atom. The highest BCUT2D eigenvalue weighted by Crippen LogP contribution is 2.19. The number of hydrogen-bond acceptors (Lipinski definition) is 5. The molecule has 0 spiro atoms. The Hall–Kier alpha value is -1.95. The number of nitrogens with zero attached hydrogens (tertiary/aromatic N) is 2. The van der Waals surface area contributed by atoms with E-state index in [-0.39, 0.29) is 11.9 Å². The molecular weight excluding hydrogens is 284 g/mol. The Morgan fingerprint density at radius 2 is 2.05 bits per heavy atom. The van der Waals surface area contributed by atoms with Crippen molar-refractivity contribution in [3.8, 4) is 0 Å². The van der Waals surface area contributed by atoms with E-state index in [9.17, 15) is 4.79 Å². The summed E-state index contributed by atoms with van der Waals surface area (Å²) < 4.78 is 0. The lowest BCUT2D eigenvalue weighted by molar-refractivity contribution is -0.117. The number of aromatic nitrogens is 2. The quantitative estimate of drug-likeness (QED) is 0.889. The van der Waals surface area contributed by atoms with Gasteiger partial charge in [-0.25, -0.2) is 0 Å². The van der Waals surface area contributed by atoms with Gasteiger partial charge in [-0.1, -0.05) is 36.0 Å². The summed E-state index contributed by atoms with van der Waals surface area (Å²) in [5.41, 5.74) is 3.32. The predicted octanol–water partition coefficient (Wildman–Crippen LogP) is 3.29. The Morgan fingerprint density at radius 3 is 2.62 bits per heavy atom. The molecule has 112 valence electrons. The second kappa shape index (κ2) is 6.67. The summed E-state index contributed by atoms with van der Waals surface area (Å²) in [4.78, 5) is 12.3. The van der Waals surface area contributed by atoms with E-state index in [1.54, 1.807) is 0 Å². The first-order valence-corrected chi connectivity index (χ1v) is 7.76. The van der Waals surface area contributed by atoms with Crippen molar-refractivity contribution < 1.29 is 4.79 Å². The molecule has 0 saturated carbocycles. The van der Waals surface area contributed by atoms with Crippen molar-refractivity contribution in [2.45, 2.75) is 40.2 Å². The van der Waals surface area contributed by atoms with E-state index in [0.717, 1.165) is 16.3 Å². The summed E-state index contributed by atoms with van der Waals surface area (Å²) in [5.74, 6) is -0.0892. The molecule has 2 rings (SSSR count). The molecule has 1 heterocycles. The lowest BCUT2D eigenvalue weighted by Gasteiger charge is -2.18. The van der Waals surface area contributed by atoms with Gasteiger partial charge in [0, 0.05) is 5.69 Å². The summed E-state index contributed by atoms with van der Waals surface area (Å²) in [5, 5.41) is 15.3. The highest BCUT2D eigenvalue weighted by atomic mass is 32.1. The molecule has 2 aromatic rings. The molecule has 1 aromatic heterocycles. The fraction of sp³-hybridized carbons (Fsp3) is 0.400. The first-order valence-electron chi connectivity index (χ1n) is 6.94. The molecule has 5 nitrogen and oxygen atoms in total. The van der Waals surface area contributed by atoms with Crippen LogP contribution in [0.4, 0.5) is 10.8 Å². The van der Waals surface area contributed by atoms with Crippen LogP contribution in [0.15, 0.2) is 18.2 Å². The number of nitrogens with one attached hydrogen (secondary N) is 2. The second-order valence-electron chi connectivity index (χ2n) is 5.04. The summed E-state index contributed by atoms with van der Waals surface area (Å²) >= 11 is 1.37. The monoisotopic (exact) mass is 304 g/mol. The Balaban J connectivity index is 2.06. The standard InChI is InChI=1S/C15H20N4OS/c1-5-12(14(20)17-15-19-18-11(4)21-15)16-13-7-6-9(2)8-10(13)3/h6-8,12,16H,5H2,1-4H3,(H,17,19,20)/t12-/m0/s1. The van der Waals surface area contributed by atoms with Gasteiger partial charge in [-0.15, -0.1) is 10.2 Å². The van der Waals surface area contributed by atoms with Gasteiger partial charge >= 0.3 is 0 Å². The molecule has 1 aromatic carbocycles. The molecule has 0 aliphatic rings. The largest absolute Gasteiger partial charge is 0.373 e. The summed E-state index contributed by atoms with van der Waals surface area (Å²) in [6, 6.07) is 5.85. The van der Waals surface area contributed by atoms with Crippen molar-refractivity contribution in [1.29, 1.82) is 0 Å². The summed E-state index contributed by atoms with van der Waals surface area (Å²) in [6.45, 7) is 7.93. The minimum Gasteiger partial charge on any atom is -0.373 e. The molecule has 0 unspecified atom stereocenters. The lowest BCUT2D eigenvalue weighted by Crippen LogP contribution is -2.34. The van der Waals surface area contributed by atoms with E-state index in [1.165, 1.54) is 16.9 Å². The van der Waals surface area contributed by atoms with Crippen LogP contribution in [0, 0.1) is 20.8 Å². The number of rotatable bonds is 5. The van der Waals surface area contributed by atoms with Crippen LogP contribution in [0.5, 0.6) is 0 Å². The first kappa shape index (κ1) is 15.4. The smallest absolute Gasteiger partial charge is 0.248 e. The fourth-order valence-electron chi connectivity index (χ4n) is 2.06. The Labute approximate surface area is 128 Å². The molecule has 0 aliphatic carbocycles.